The van der Waals surface area contributed by atoms with Gasteiger partial charge >= 0.3 is 0 Å². The second-order valence-corrected chi connectivity index (χ2v) is 9.39. The standard InChI is InChI=1S/C25H24FN3O3S/c1-15(30)29-10-9-16-5-8-20(12-21(16)24(29)17-3-2-4-18(26)11-17)32-13-23-28-22(14-33-23)25(31)27-19-6-7-19/h2-5,8,11-12,14,19,24H,6-7,9-10,13H2,1H3,(H,27,31). The van der Waals surface area contributed by atoms with E-state index in [0.717, 1.165) is 36.0 Å². The highest BCUT2D eigenvalue weighted by molar-refractivity contribution is 7.09. The minimum atomic E-state index is -0.372. The van der Waals surface area contributed by atoms with Gasteiger partial charge in [0, 0.05) is 24.9 Å². The minimum absolute atomic E-state index is 0.0546. The third-order valence-electron chi connectivity index (χ3n) is 5.97. The van der Waals surface area contributed by atoms with Crippen molar-refractivity contribution in [2.45, 2.75) is 44.9 Å². The van der Waals surface area contributed by atoms with E-state index in [-0.39, 0.29) is 36.3 Å². The molecule has 6 nitrogen and oxygen atoms in total. The fraction of sp³-hybridized carbons (Fsp3) is 0.320. The van der Waals surface area contributed by atoms with Gasteiger partial charge in [-0.05, 0) is 60.2 Å². The summed E-state index contributed by atoms with van der Waals surface area (Å²) in [7, 11) is 0. The van der Waals surface area contributed by atoms with Crippen molar-refractivity contribution in [3.8, 4) is 5.75 Å². The van der Waals surface area contributed by atoms with Crippen LogP contribution >= 0.6 is 11.3 Å². The number of hydrogen-bond acceptors (Lipinski definition) is 5. The number of amides is 2. The number of nitrogens with zero attached hydrogens (tertiary/aromatic N) is 2. The van der Waals surface area contributed by atoms with Crippen LogP contribution in [-0.4, -0.2) is 34.3 Å². The molecule has 5 rings (SSSR count). The monoisotopic (exact) mass is 465 g/mol. The predicted molar refractivity (Wildman–Crippen MR) is 123 cm³/mol. The molecule has 1 aliphatic carbocycles. The van der Waals surface area contributed by atoms with Crippen molar-refractivity contribution < 1.29 is 18.7 Å². The number of halogens is 1. The van der Waals surface area contributed by atoms with Crippen molar-refractivity contribution in [3.63, 3.8) is 0 Å². The van der Waals surface area contributed by atoms with E-state index in [1.54, 1.807) is 16.3 Å². The number of hydrogen-bond donors (Lipinski definition) is 1. The van der Waals surface area contributed by atoms with Crippen LogP contribution < -0.4 is 10.1 Å². The molecule has 0 radical (unpaired) electrons. The maximum atomic E-state index is 14.0. The van der Waals surface area contributed by atoms with E-state index in [4.69, 9.17) is 4.74 Å². The Kier molecular flexibility index (Phi) is 5.85. The number of benzene rings is 2. The topological polar surface area (TPSA) is 71.5 Å². The SMILES string of the molecule is CC(=O)N1CCc2ccc(OCc3nc(C(=O)NC4CC4)cs3)cc2C1c1cccc(F)c1. The van der Waals surface area contributed by atoms with Gasteiger partial charge < -0.3 is 15.0 Å². The van der Waals surface area contributed by atoms with Crippen LogP contribution in [0, 0.1) is 5.82 Å². The van der Waals surface area contributed by atoms with Crippen molar-refractivity contribution >= 4 is 23.2 Å². The molecule has 2 amide bonds. The smallest absolute Gasteiger partial charge is 0.270 e. The Morgan fingerprint density at radius 3 is 2.85 bits per heavy atom. The Bertz CT molecular complexity index is 1210. The number of rotatable bonds is 6. The first-order chi connectivity index (χ1) is 16.0. The van der Waals surface area contributed by atoms with Gasteiger partial charge in [-0.25, -0.2) is 9.37 Å². The zero-order chi connectivity index (χ0) is 22.9. The largest absolute Gasteiger partial charge is 0.486 e. The zero-order valence-corrected chi connectivity index (χ0v) is 19.0. The second kappa shape index (κ2) is 8.94. The highest BCUT2D eigenvalue weighted by atomic mass is 32.1. The summed E-state index contributed by atoms with van der Waals surface area (Å²) in [6.07, 6.45) is 2.79. The van der Waals surface area contributed by atoms with Crippen LogP contribution in [-0.2, 0) is 17.8 Å². The number of thiazole rings is 1. The summed E-state index contributed by atoms with van der Waals surface area (Å²) in [6.45, 7) is 2.35. The van der Waals surface area contributed by atoms with Gasteiger partial charge in [-0.1, -0.05) is 18.2 Å². The summed E-state index contributed by atoms with van der Waals surface area (Å²) < 4.78 is 20.0. The summed E-state index contributed by atoms with van der Waals surface area (Å²) >= 11 is 1.39. The number of fused-ring (bicyclic) bond motifs is 1. The first kappa shape index (κ1) is 21.6. The molecule has 2 heterocycles. The van der Waals surface area contributed by atoms with E-state index in [1.807, 2.05) is 24.3 Å². The average Bonchev–Trinajstić information content (AvgIpc) is 3.49. The molecule has 8 heteroatoms. The molecule has 33 heavy (non-hydrogen) atoms. The van der Waals surface area contributed by atoms with E-state index in [0.29, 0.717) is 23.0 Å². The summed E-state index contributed by atoms with van der Waals surface area (Å²) in [4.78, 5) is 30.7. The molecule has 1 saturated carbocycles. The molecule has 1 N–H and O–H groups in total. The number of carbonyl (C=O) groups excluding carboxylic acids is 2. The molecule has 0 saturated heterocycles. The maximum Gasteiger partial charge on any atom is 0.270 e. The van der Waals surface area contributed by atoms with Gasteiger partial charge in [-0.2, -0.15) is 0 Å². The predicted octanol–water partition coefficient (Wildman–Crippen LogP) is 4.25. The van der Waals surface area contributed by atoms with Crippen molar-refractivity contribution in [1.29, 1.82) is 0 Å². The average molecular weight is 466 g/mol. The van der Waals surface area contributed by atoms with Crippen molar-refractivity contribution in [3.05, 3.63) is 81.1 Å². The van der Waals surface area contributed by atoms with Gasteiger partial charge in [0.1, 0.15) is 28.9 Å². The van der Waals surface area contributed by atoms with Crippen molar-refractivity contribution in [1.82, 2.24) is 15.2 Å². The number of nitrogens with one attached hydrogen (secondary N) is 1. The zero-order valence-electron chi connectivity index (χ0n) is 18.2. The van der Waals surface area contributed by atoms with E-state index >= 15 is 0 Å². The van der Waals surface area contributed by atoms with Crippen LogP contribution in [0.5, 0.6) is 5.75 Å². The molecule has 1 aliphatic heterocycles. The van der Waals surface area contributed by atoms with Gasteiger partial charge in [-0.15, -0.1) is 11.3 Å². The third-order valence-corrected chi connectivity index (χ3v) is 6.80. The lowest BCUT2D eigenvalue weighted by atomic mass is 9.88. The first-order valence-corrected chi connectivity index (χ1v) is 11.9. The van der Waals surface area contributed by atoms with Crippen LogP contribution in [0.3, 0.4) is 0 Å². The number of ether oxygens (including phenoxy) is 1. The van der Waals surface area contributed by atoms with Gasteiger partial charge in [0.05, 0.1) is 6.04 Å². The number of aromatic nitrogens is 1. The Morgan fingerprint density at radius 1 is 1.24 bits per heavy atom. The van der Waals surface area contributed by atoms with Gasteiger partial charge in [0.2, 0.25) is 5.91 Å². The number of carbonyl (C=O) groups is 2. The lowest BCUT2D eigenvalue weighted by Crippen LogP contribution is -2.39. The molecule has 2 aromatic carbocycles. The molecule has 0 spiro atoms. The third kappa shape index (κ3) is 4.75. The van der Waals surface area contributed by atoms with Crippen LogP contribution in [0.25, 0.3) is 0 Å². The van der Waals surface area contributed by atoms with E-state index in [1.165, 1.54) is 30.4 Å². The molecular formula is C25H24FN3O3S. The molecule has 0 bridgehead atoms. The normalized spacial score (nSPS) is 17.4. The molecule has 1 aromatic heterocycles. The molecular weight excluding hydrogens is 441 g/mol. The Labute approximate surface area is 195 Å². The molecule has 3 aromatic rings. The van der Waals surface area contributed by atoms with Gasteiger partial charge in [0.15, 0.2) is 0 Å². The summed E-state index contributed by atoms with van der Waals surface area (Å²) in [5, 5.41) is 5.39. The quantitative estimate of drug-likeness (QED) is 0.591. The highest BCUT2D eigenvalue weighted by Gasteiger charge is 2.31. The van der Waals surface area contributed by atoms with Crippen LogP contribution in [0.1, 0.15) is 58.0 Å². The fourth-order valence-corrected chi connectivity index (χ4v) is 4.86. The fourth-order valence-electron chi connectivity index (χ4n) is 4.17. The molecule has 1 atom stereocenters. The molecule has 1 unspecified atom stereocenters. The first-order valence-electron chi connectivity index (χ1n) is 11.0. The molecule has 1 fully saturated rings. The van der Waals surface area contributed by atoms with Crippen LogP contribution in [0.4, 0.5) is 4.39 Å². The van der Waals surface area contributed by atoms with E-state index in [2.05, 4.69) is 10.3 Å². The lowest BCUT2D eigenvalue weighted by Gasteiger charge is -2.37. The molecule has 2 aliphatic rings. The highest BCUT2D eigenvalue weighted by Crippen LogP contribution is 2.37. The summed E-state index contributed by atoms with van der Waals surface area (Å²) in [5.74, 6) is 0.109. The summed E-state index contributed by atoms with van der Waals surface area (Å²) in [5.41, 5.74) is 3.19. The van der Waals surface area contributed by atoms with Gasteiger partial charge in [-0.3, -0.25) is 9.59 Å². The van der Waals surface area contributed by atoms with Gasteiger partial charge in [0.25, 0.3) is 5.91 Å². The summed E-state index contributed by atoms with van der Waals surface area (Å²) in [6, 6.07) is 12.1. The van der Waals surface area contributed by atoms with Crippen LogP contribution in [0.15, 0.2) is 47.8 Å². The Hall–Kier alpha value is -3.26. The van der Waals surface area contributed by atoms with E-state index in [9.17, 15) is 14.0 Å². The maximum absolute atomic E-state index is 14.0. The molecule has 170 valence electrons. The van der Waals surface area contributed by atoms with Crippen LogP contribution in [0.2, 0.25) is 0 Å². The Morgan fingerprint density at radius 2 is 2.09 bits per heavy atom. The Balaban J connectivity index is 1.36. The van der Waals surface area contributed by atoms with Crippen molar-refractivity contribution in [2.24, 2.45) is 0 Å². The lowest BCUT2D eigenvalue weighted by molar-refractivity contribution is -0.130. The van der Waals surface area contributed by atoms with E-state index < -0.39 is 0 Å². The second-order valence-electron chi connectivity index (χ2n) is 8.44. The minimum Gasteiger partial charge on any atom is -0.486 e. The van der Waals surface area contributed by atoms with Crippen molar-refractivity contribution in [2.75, 3.05) is 6.54 Å².